The first-order chi connectivity index (χ1) is 10.1. The molecule has 6 nitrogen and oxygen atoms in total. The molecule has 0 saturated carbocycles. The van der Waals surface area contributed by atoms with E-state index in [2.05, 4.69) is 5.32 Å². The van der Waals surface area contributed by atoms with Crippen molar-refractivity contribution < 1.29 is 19.1 Å². The molecule has 1 atom stereocenters. The van der Waals surface area contributed by atoms with Gasteiger partial charge in [0.05, 0.1) is 7.11 Å². The van der Waals surface area contributed by atoms with Gasteiger partial charge in [0.25, 0.3) is 5.91 Å². The highest BCUT2D eigenvalue weighted by molar-refractivity contribution is 5.83. The Labute approximate surface area is 124 Å². The average Bonchev–Trinajstić information content (AvgIpc) is 2.72. The van der Waals surface area contributed by atoms with E-state index < -0.39 is 6.10 Å². The van der Waals surface area contributed by atoms with Crippen LogP contribution in [0.2, 0.25) is 0 Å². The summed E-state index contributed by atoms with van der Waals surface area (Å²) >= 11 is 0. The van der Waals surface area contributed by atoms with Crippen LogP contribution in [0.1, 0.15) is 13.3 Å². The Balaban J connectivity index is 1.93. The monoisotopic (exact) mass is 292 g/mol. The molecule has 0 aromatic heterocycles. The largest absolute Gasteiger partial charge is 0.497 e. The molecule has 6 heteroatoms. The third-order valence-corrected chi connectivity index (χ3v) is 3.34. The Morgan fingerprint density at radius 2 is 1.90 bits per heavy atom. The van der Waals surface area contributed by atoms with E-state index in [-0.39, 0.29) is 11.8 Å². The van der Waals surface area contributed by atoms with Gasteiger partial charge < -0.3 is 19.7 Å². The van der Waals surface area contributed by atoms with E-state index in [9.17, 15) is 9.59 Å². The van der Waals surface area contributed by atoms with Crippen molar-refractivity contribution in [3.8, 4) is 11.5 Å². The van der Waals surface area contributed by atoms with Crippen LogP contribution in [-0.4, -0.2) is 49.6 Å². The standard InChI is InChI=1S/C15H20N2O4/c1-11(21-13-5-3-12(20-2)4-6-13)15(19)17-9-7-14(18)16-8-10-17/h3-6,11H,7-10H2,1-2H3,(H,16,18)/t11-/m1/s1. The van der Waals surface area contributed by atoms with Crippen LogP contribution >= 0.6 is 0 Å². The molecule has 2 amide bonds. The Morgan fingerprint density at radius 3 is 2.57 bits per heavy atom. The Morgan fingerprint density at radius 1 is 1.24 bits per heavy atom. The minimum absolute atomic E-state index is 0.0194. The number of hydrogen-bond acceptors (Lipinski definition) is 4. The van der Waals surface area contributed by atoms with Gasteiger partial charge in [-0.25, -0.2) is 0 Å². The van der Waals surface area contributed by atoms with Crippen molar-refractivity contribution in [2.45, 2.75) is 19.4 Å². The minimum atomic E-state index is -0.591. The van der Waals surface area contributed by atoms with E-state index >= 15 is 0 Å². The van der Waals surface area contributed by atoms with Crippen LogP contribution < -0.4 is 14.8 Å². The van der Waals surface area contributed by atoms with Crippen molar-refractivity contribution >= 4 is 11.8 Å². The number of nitrogens with one attached hydrogen (secondary N) is 1. The Kier molecular flexibility index (Phi) is 5.03. The van der Waals surface area contributed by atoms with Crippen LogP contribution in [0.4, 0.5) is 0 Å². The zero-order valence-electron chi connectivity index (χ0n) is 12.3. The van der Waals surface area contributed by atoms with E-state index in [1.165, 1.54) is 0 Å². The minimum Gasteiger partial charge on any atom is -0.497 e. The van der Waals surface area contributed by atoms with Gasteiger partial charge in [0.2, 0.25) is 5.91 Å². The molecule has 21 heavy (non-hydrogen) atoms. The van der Waals surface area contributed by atoms with Gasteiger partial charge in [0.15, 0.2) is 6.10 Å². The summed E-state index contributed by atoms with van der Waals surface area (Å²) in [5.74, 6) is 1.22. The normalized spacial score (nSPS) is 16.7. The number of benzene rings is 1. The molecule has 0 bridgehead atoms. The van der Waals surface area contributed by atoms with Gasteiger partial charge in [-0.3, -0.25) is 9.59 Å². The van der Waals surface area contributed by atoms with Crippen molar-refractivity contribution in [2.24, 2.45) is 0 Å². The number of methoxy groups -OCH3 is 1. The topological polar surface area (TPSA) is 67.9 Å². The molecule has 1 aliphatic rings. The first kappa shape index (κ1) is 15.2. The van der Waals surface area contributed by atoms with E-state index in [4.69, 9.17) is 9.47 Å². The lowest BCUT2D eigenvalue weighted by atomic mass is 10.3. The quantitative estimate of drug-likeness (QED) is 0.892. The number of amides is 2. The smallest absolute Gasteiger partial charge is 0.263 e. The van der Waals surface area contributed by atoms with Crippen molar-refractivity contribution in [3.63, 3.8) is 0 Å². The predicted octanol–water partition coefficient (Wildman–Crippen LogP) is 0.811. The van der Waals surface area contributed by atoms with Crippen LogP contribution in [0.25, 0.3) is 0 Å². The van der Waals surface area contributed by atoms with Crippen LogP contribution in [0.5, 0.6) is 11.5 Å². The third-order valence-electron chi connectivity index (χ3n) is 3.34. The summed E-state index contributed by atoms with van der Waals surface area (Å²) in [5.41, 5.74) is 0. The fourth-order valence-electron chi connectivity index (χ4n) is 2.15. The fraction of sp³-hybridized carbons (Fsp3) is 0.467. The molecular weight excluding hydrogens is 272 g/mol. The Hall–Kier alpha value is -2.24. The highest BCUT2D eigenvalue weighted by atomic mass is 16.5. The SMILES string of the molecule is COc1ccc(O[C@H](C)C(=O)N2CCNC(=O)CC2)cc1. The summed E-state index contributed by atoms with van der Waals surface area (Å²) in [6.45, 7) is 3.15. The second kappa shape index (κ2) is 6.97. The first-order valence-corrected chi connectivity index (χ1v) is 6.96. The van der Waals surface area contributed by atoms with Crippen molar-refractivity contribution in [1.29, 1.82) is 0 Å². The molecule has 0 spiro atoms. The second-order valence-electron chi connectivity index (χ2n) is 4.86. The van der Waals surface area contributed by atoms with E-state index in [0.29, 0.717) is 31.8 Å². The number of nitrogens with zero attached hydrogens (tertiary/aromatic N) is 1. The molecular formula is C15H20N2O4. The summed E-state index contributed by atoms with van der Waals surface area (Å²) in [7, 11) is 1.59. The van der Waals surface area contributed by atoms with E-state index in [0.717, 1.165) is 5.75 Å². The van der Waals surface area contributed by atoms with Crippen LogP contribution in [0, 0.1) is 0 Å². The van der Waals surface area contributed by atoms with Crippen molar-refractivity contribution in [2.75, 3.05) is 26.7 Å². The lowest BCUT2D eigenvalue weighted by Gasteiger charge is -2.24. The molecule has 0 aliphatic carbocycles. The molecule has 1 saturated heterocycles. The van der Waals surface area contributed by atoms with E-state index in [1.807, 2.05) is 0 Å². The summed E-state index contributed by atoms with van der Waals surface area (Å²) < 4.78 is 10.7. The average molecular weight is 292 g/mol. The molecule has 2 rings (SSSR count). The van der Waals surface area contributed by atoms with Crippen LogP contribution in [0.3, 0.4) is 0 Å². The molecule has 0 unspecified atom stereocenters. The number of ether oxygens (including phenoxy) is 2. The summed E-state index contributed by atoms with van der Waals surface area (Å²) in [6.07, 6.45) is -0.257. The van der Waals surface area contributed by atoms with Crippen LogP contribution in [-0.2, 0) is 9.59 Å². The second-order valence-corrected chi connectivity index (χ2v) is 4.86. The van der Waals surface area contributed by atoms with Gasteiger partial charge >= 0.3 is 0 Å². The number of carbonyl (C=O) groups excluding carboxylic acids is 2. The van der Waals surface area contributed by atoms with Gasteiger partial charge in [-0.2, -0.15) is 0 Å². The molecule has 0 radical (unpaired) electrons. The van der Waals surface area contributed by atoms with Crippen molar-refractivity contribution in [1.82, 2.24) is 10.2 Å². The zero-order valence-corrected chi connectivity index (χ0v) is 12.3. The van der Waals surface area contributed by atoms with Gasteiger partial charge in [-0.1, -0.05) is 0 Å². The highest BCUT2D eigenvalue weighted by Gasteiger charge is 2.24. The maximum absolute atomic E-state index is 12.3. The number of carbonyl (C=O) groups is 2. The van der Waals surface area contributed by atoms with Gasteiger partial charge in [0.1, 0.15) is 11.5 Å². The Bertz CT molecular complexity index is 501. The van der Waals surface area contributed by atoms with Gasteiger partial charge in [-0.15, -0.1) is 0 Å². The number of rotatable bonds is 4. The van der Waals surface area contributed by atoms with Gasteiger partial charge in [0, 0.05) is 26.1 Å². The van der Waals surface area contributed by atoms with Crippen LogP contribution in [0.15, 0.2) is 24.3 Å². The third kappa shape index (κ3) is 4.11. The van der Waals surface area contributed by atoms with E-state index in [1.54, 1.807) is 43.2 Å². The number of hydrogen-bond donors (Lipinski definition) is 1. The molecule has 1 aliphatic heterocycles. The molecule has 1 aromatic carbocycles. The maximum Gasteiger partial charge on any atom is 0.263 e. The lowest BCUT2D eigenvalue weighted by Crippen LogP contribution is -2.42. The van der Waals surface area contributed by atoms with Crippen molar-refractivity contribution in [3.05, 3.63) is 24.3 Å². The highest BCUT2D eigenvalue weighted by Crippen LogP contribution is 2.18. The predicted molar refractivity (Wildman–Crippen MR) is 77.3 cm³/mol. The summed E-state index contributed by atoms with van der Waals surface area (Å²) in [4.78, 5) is 25.3. The molecule has 1 N–H and O–H groups in total. The summed E-state index contributed by atoms with van der Waals surface area (Å²) in [6, 6.07) is 7.08. The van der Waals surface area contributed by atoms with Gasteiger partial charge in [-0.05, 0) is 31.2 Å². The maximum atomic E-state index is 12.3. The molecule has 1 fully saturated rings. The zero-order chi connectivity index (χ0) is 15.2. The molecule has 1 heterocycles. The molecule has 1 aromatic rings. The summed E-state index contributed by atoms with van der Waals surface area (Å²) in [5, 5.41) is 2.74. The lowest BCUT2D eigenvalue weighted by molar-refractivity contribution is -0.137. The first-order valence-electron chi connectivity index (χ1n) is 6.96. The molecule has 114 valence electrons. The fourth-order valence-corrected chi connectivity index (χ4v) is 2.15.